The Bertz CT molecular complexity index is 678. The van der Waals surface area contributed by atoms with Crippen LogP contribution >= 0.6 is 0 Å². The zero-order valence-corrected chi connectivity index (χ0v) is 17.9. The van der Waals surface area contributed by atoms with E-state index in [2.05, 4.69) is 5.32 Å². The van der Waals surface area contributed by atoms with Gasteiger partial charge in [-0.3, -0.25) is 39.1 Å². The van der Waals surface area contributed by atoms with Gasteiger partial charge in [0.25, 0.3) is 0 Å². The summed E-state index contributed by atoms with van der Waals surface area (Å²) < 4.78 is 5.06. The van der Waals surface area contributed by atoms with E-state index in [1.54, 1.807) is 9.80 Å². The molecule has 3 atom stereocenters. The monoisotopic (exact) mass is 425 g/mol. The van der Waals surface area contributed by atoms with Gasteiger partial charge in [0, 0.05) is 12.1 Å². The molecular formula is C19H31N5O6. The molecule has 2 heterocycles. The Morgan fingerprint density at radius 1 is 0.933 bits per heavy atom. The quantitative estimate of drug-likeness (QED) is 0.342. The van der Waals surface area contributed by atoms with E-state index >= 15 is 0 Å². The van der Waals surface area contributed by atoms with Crippen molar-refractivity contribution in [1.82, 2.24) is 20.0 Å². The van der Waals surface area contributed by atoms with Crippen molar-refractivity contribution >= 4 is 29.6 Å². The lowest BCUT2D eigenvalue weighted by atomic mass is 10.1. The first-order valence-electron chi connectivity index (χ1n) is 10.1. The number of esters is 1. The number of hydrogen-bond donors (Lipinski definition) is 2. The largest absolute Gasteiger partial charge is 0.443 e. The first kappa shape index (κ1) is 23.9. The van der Waals surface area contributed by atoms with Crippen LogP contribution in [0, 0.1) is 5.92 Å². The SMILES string of the molecule is CC(C)CC(N)C(=O)OCN1C(=O)CN(C(C)C(C)N2CC(=O)NC(=O)C2)CC1=O. The third-order valence-electron chi connectivity index (χ3n) is 5.47. The second-order valence-electron chi connectivity index (χ2n) is 8.31. The van der Waals surface area contributed by atoms with E-state index in [0.717, 1.165) is 4.90 Å². The number of carbonyl (C=O) groups is 5. The zero-order chi connectivity index (χ0) is 22.6. The Kier molecular flexibility index (Phi) is 8.04. The fourth-order valence-electron chi connectivity index (χ4n) is 3.54. The number of hydrogen-bond acceptors (Lipinski definition) is 9. The van der Waals surface area contributed by atoms with Crippen molar-refractivity contribution in [3.63, 3.8) is 0 Å². The van der Waals surface area contributed by atoms with Gasteiger partial charge in [0.1, 0.15) is 6.04 Å². The van der Waals surface area contributed by atoms with E-state index in [1.807, 2.05) is 27.7 Å². The highest BCUT2D eigenvalue weighted by Crippen LogP contribution is 2.16. The Labute approximate surface area is 175 Å². The van der Waals surface area contributed by atoms with E-state index in [4.69, 9.17) is 10.5 Å². The van der Waals surface area contributed by atoms with Crippen LogP contribution in [0.15, 0.2) is 0 Å². The lowest BCUT2D eigenvalue weighted by Crippen LogP contribution is -2.62. The molecule has 2 rings (SSSR count). The van der Waals surface area contributed by atoms with Gasteiger partial charge >= 0.3 is 5.97 Å². The third-order valence-corrected chi connectivity index (χ3v) is 5.47. The molecule has 3 N–H and O–H groups in total. The summed E-state index contributed by atoms with van der Waals surface area (Å²) in [6, 6.07) is -1.30. The third kappa shape index (κ3) is 6.07. The molecule has 0 aromatic heterocycles. The summed E-state index contributed by atoms with van der Waals surface area (Å²) >= 11 is 0. The predicted octanol–water partition coefficient (Wildman–Crippen LogP) is -1.73. The molecule has 30 heavy (non-hydrogen) atoms. The molecule has 0 radical (unpaired) electrons. The number of carbonyl (C=O) groups excluding carboxylic acids is 5. The van der Waals surface area contributed by atoms with Gasteiger partial charge < -0.3 is 10.5 Å². The molecule has 2 aliphatic heterocycles. The van der Waals surface area contributed by atoms with Gasteiger partial charge in [-0.05, 0) is 26.2 Å². The normalized spacial score (nSPS) is 22.1. The smallest absolute Gasteiger partial charge is 0.324 e. The minimum Gasteiger partial charge on any atom is -0.443 e. The van der Waals surface area contributed by atoms with Gasteiger partial charge in [-0.1, -0.05) is 13.8 Å². The number of amides is 4. The van der Waals surface area contributed by atoms with Gasteiger partial charge in [0.15, 0.2) is 6.73 Å². The topological polar surface area (TPSA) is 142 Å². The lowest BCUT2D eigenvalue weighted by molar-refractivity contribution is -0.165. The first-order chi connectivity index (χ1) is 14.0. The van der Waals surface area contributed by atoms with Crippen molar-refractivity contribution in [1.29, 1.82) is 0 Å². The van der Waals surface area contributed by atoms with Crippen molar-refractivity contribution in [3.05, 3.63) is 0 Å². The number of nitrogens with two attached hydrogens (primary N) is 1. The second-order valence-corrected chi connectivity index (χ2v) is 8.31. The van der Waals surface area contributed by atoms with Crippen molar-refractivity contribution in [2.45, 2.75) is 52.2 Å². The number of nitrogens with one attached hydrogen (secondary N) is 1. The number of piperazine rings is 2. The average molecular weight is 425 g/mol. The van der Waals surface area contributed by atoms with Crippen LogP contribution in [0.1, 0.15) is 34.1 Å². The van der Waals surface area contributed by atoms with E-state index in [1.165, 1.54) is 0 Å². The van der Waals surface area contributed by atoms with Gasteiger partial charge in [-0.2, -0.15) is 0 Å². The highest BCUT2D eigenvalue weighted by Gasteiger charge is 2.38. The number of imide groups is 2. The van der Waals surface area contributed by atoms with Crippen LogP contribution in [0.4, 0.5) is 0 Å². The molecule has 0 aliphatic carbocycles. The van der Waals surface area contributed by atoms with Crippen molar-refractivity contribution in [3.8, 4) is 0 Å². The van der Waals surface area contributed by atoms with Gasteiger partial charge in [0.2, 0.25) is 23.6 Å². The molecule has 0 saturated carbocycles. The molecule has 168 valence electrons. The van der Waals surface area contributed by atoms with Crippen LogP contribution in [0.3, 0.4) is 0 Å². The fraction of sp³-hybridized carbons (Fsp3) is 0.737. The van der Waals surface area contributed by atoms with E-state index < -0.39 is 30.6 Å². The summed E-state index contributed by atoms with van der Waals surface area (Å²) in [4.78, 5) is 64.5. The molecule has 2 aliphatic rings. The number of rotatable bonds is 8. The highest BCUT2D eigenvalue weighted by molar-refractivity contribution is 6.00. The number of nitrogens with zero attached hydrogens (tertiary/aromatic N) is 3. The van der Waals surface area contributed by atoms with E-state index in [9.17, 15) is 24.0 Å². The number of ether oxygens (including phenoxy) is 1. The van der Waals surface area contributed by atoms with Gasteiger partial charge in [0.05, 0.1) is 26.2 Å². The standard InChI is InChI=1S/C19H31N5O6/c1-11(2)5-14(20)19(29)30-10-24-17(27)8-23(9-18(24)28)13(4)12(3)22-6-15(25)21-16(26)7-22/h11-14H,5-10,20H2,1-4H3,(H,21,25,26). The molecule has 2 fully saturated rings. The zero-order valence-electron chi connectivity index (χ0n) is 17.9. The molecule has 4 amide bonds. The summed E-state index contributed by atoms with van der Waals surface area (Å²) in [5.41, 5.74) is 5.76. The molecule has 0 aromatic rings. The minimum atomic E-state index is -0.804. The lowest BCUT2D eigenvalue weighted by Gasteiger charge is -2.41. The molecule has 0 bridgehead atoms. The van der Waals surface area contributed by atoms with Crippen LogP contribution in [-0.2, 0) is 28.7 Å². The highest BCUT2D eigenvalue weighted by atomic mass is 16.5. The Balaban J connectivity index is 1.91. The summed E-state index contributed by atoms with van der Waals surface area (Å²) in [6.45, 7) is 7.14. The second kappa shape index (κ2) is 10.1. The van der Waals surface area contributed by atoms with Gasteiger partial charge in [-0.15, -0.1) is 0 Å². The van der Waals surface area contributed by atoms with Crippen LogP contribution < -0.4 is 11.1 Å². The maximum Gasteiger partial charge on any atom is 0.324 e. The Morgan fingerprint density at radius 3 is 1.87 bits per heavy atom. The molecule has 2 saturated heterocycles. The summed E-state index contributed by atoms with van der Waals surface area (Å²) in [6.07, 6.45) is 0.445. The molecule has 3 unspecified atom stereocenters. The molecule has 0 spiro atoms. The Morgan fingerprint density at radius 2 is 1.40 bits per heavy atom. The minimum absolute atomic E-state index is 0.0408. The molecular weight excluding hydrogens is 394 g/mol. The molecule has 11 nitrogen and oxygen atoms in total. The van der Waals surface area contributed by atoms with E-state index in [0.29, 0.717) is 6.42 Å². The van der Waals surface area contributed by atoms with Crippen LogP contribution in [0.2, 0.25) is 0 Å². The predicted molar refractivity (Wildman–Crippen MR) is 105 cm³/mol. The Hall–Kier alpha value is -2.37. The summed E-state index contributed by atoms with van der Waals surface area (Å²) in [7, 11) is 0. The first-order valence-corrected chi connectivity index (χ1v) is 10.1. The maximum atomic E-state index is 12.5. The van der Waals surface area contributed by atoms with Crippen molar-refractivity contribution in [2.75, 3.05) is 32.9 Å². The van der Waals surface area contributed by atoms with Crippen LogP contribution in [0.5, 0.6) is 0 Å². The fourth-order valence-corrected chi connectivity index (χ4v) is 3.54. The molecule has 0 aromatic carbocycles. The van der Waals surface area contributed by atoms with Crippen LogP contribution in [-0.4, -0.2) is 95.3 Å². The van der Waals surface area contributed by atoms with E-state index in [-0.39, 0.29) is 56.0 Å². The summed E-state index contributed by atoms with van der Waals surface area (Å²) in [5.74, 6) is -2.16. The summed E-state index contributed by atoms with van der Waals surface area (Å²) in [5, 5.41) is 2.25. The van der Waals surface area contributed by atoms with Crippen LogP contribution in [0.25, 0.3) is 0 Å². The molecule has 11 heteroatoms. The average Bonchev–Trinajstić information content (AvgIpc) is 2.64. The van der Waals surface area contributed by atoms with Gasteiger partial charge in [-0.25, -0.2) is 4.90 Å². The van der Waals surface area contributed by atoms with Crippen molar-refractivity contribution in [2.24, 2.45) is 11.7 Å². The van der Waals surface area contributed by atoms with Crippen molar-refractivity contribution < 1.29 is 28.7 Å². The maximum absolute atomic E-state index is 12.5.